The maximum Gasteiger partial charge on any atom is 0.490 e. The Morgan fingerprint density at radius 1 is 0.952 bits per heavy atom. The van der Waals surface area contributed by atoms with E-state index in [1.807, 2.05) is 44.6 Å². The number of carbonyl (C=O) groups is 3. The van der Waals surface area contributed by atoms with Crippen molar-refractivity contribution in [3.05, 3.63) is 59.9 Å². The third-order valence-electron chi connectivity index (χ3n) is 6.59. The number of carbonyl (C=O) groups excluding carboxylic acids is 1. The van der Waals surface area contributed by atoms with Gasteiger partial charge in [0.15, 0.2) is 0 Å². The summed E-state index contributed by atoms with van der Waals surface area (Å²) in [5.41, 5.74) is 2.13. The van der Waals surface area contributed by atoms with Gasteiger partial charge in [-0.15, -0.1) is 0 Å². The summed E-state index contributed by atoms with van der Waals surface area (Å²) in [5.74, 6) is -4.14. The Labute approximate surface area is 237 Å². The SMILES string of the molecule is CN(C)C(=O)CC1CC2(CCN(Cc3ccccn3)CC2)Oc2ccccc21.O=C(O)C(F)(F)F.O=C(O)C(F)(F)F. The molecule has 15 heteroatoms. The van der Waals surface area contributed by atoms with Crippen molar-refractivity contribution in [3.8, 4) is 5.75 Å². The Hall–Kier alpha value is -3.88. The van der Waals surface area contributed by atoms with Gasteiger partial charge in [0.05, 0.1) is 5.69 Å². The maximum atomic E-state index is 12.4. The molecule has 0 aliphatic carbocycles. The third-order valence-corrected chi connectivity index (χ3v) is 6.59. The van der Waals surface area contributed by atoms with Crippen LogP contribution < -0.4 is 4.74 Å². The zero-order chi connectivity index (χ0) is 31.7. The molecule has 1 atom stereocenters. The molecular weight excluding hydrogens is 576 g/mol. The summed E-state index contributed by atoms with van der Waals surface area (Å²) in [6.07, 6.45) is -4.87. The van der Waals surface area contributed by atoms with Crippen LogP contribution in [0.5, 0.6) is 5.75 Å². The van der Waals surface area contributed by atoms with Crippen molar-refractivity contribution in [1.82, 2.24) is 14.8 Å². The van der Waals surface area contributed by atoms with Crippen LogP contribution in [0.1, 0.15) is 42.9 Å². The number of ether oxygens (including phenoxy) is 1. The third kappa shape index (κ3) is 10.5. The van der Waals surface area contributed by atoms with Crippen molar-refractivity contribution in [2.75, 3.05) is 27.2 Å². The number of rotatable bonds is 4. The minimum Gasteiger partial charge on any atom is -0.487 e. The number of amides is 1. The van der Waals surface area contributed by atoms with Crippen LogP contribution in [-0.2, 0) is 20.9 Å². The zero-order valence-electron chi connectivity index (χ0n) is 22.8. The van der Waals surface area contributed by atoms with Crippen molar-refractivity contribution < 1.29 is 55.7 Å². The molecule has 2 aromatic rings. The van der Waals surface area contributed by atoms with Gasteiger partial charge in [-0.1, -0.05) is 24.3 Å². The van der Waals surface area contributed by atoms with Crippen LogP contribution >= 0.6 is 0 Å². The molecule has 1 spiro atoms. The van der Waals surface area contributed by atoms with Crippen LogP contribution in [0.25, 0.3) is 0 Å². The van der Waals surface area contributed by atoms with Crippen LogP contribution in [0.15, 0.2) is 48.7 Å². The summed E-state index contributed by atoms with van der Waals surface area (Å²) in [6, 6.07) is 14.3. The van der Waals surface area contributed by atoms with E-state index in [0.29, 0.717) is 6.42 Å². The molecule has 4 rings (SSSR count). The first kappa shape index (κ1) is 34.3. The first-order chi connectivity index (χ1) is 19.4. The van der Waals surface area contributed by atoms with E-state index in [0.717, 1.165) is 50.3 Å². The van der Waals surface area contributed by atoms with E-state index in [1.54, 1.807) is 4.90 Å². The molecule has 2 aliphatic rings. The van der Waals surface area contributed by atoms with E-state index in [-0.39, 0.29) is 17.4 Å². The summed E-state index contributed by atoms with van der Waals surface area (Å²) in [7, 11) is 3.67. The van der Waals surface area contributed by atoms with Gasteiger partial charge >= 0.3 is 24.3 Å². The van der Waals surface area contributed by atoms with Crippen molar-refractivity contribution in [1.29, 1.82) is 0 Å². The molecule has 3 heterocycles. The van der Waals surface area contributed by atoms with Gasteiger partial charge in [-0.2, -0.15) is 26.3 Å². The van der Waals surface area contributed by atoms with E-state index >= 15 is 0 Å². The number of carboxylic acids is 2. The van der Waals surface area contributed by atoms with Crippen molar-refractivity contribution in [2.45, 2.75) is 56.1 Å². The summed E-state index contributed by atoms with van der Waals surface area (Å²) < 4.78 is 70.0. The molecule has 2 N–H and O–H groups in total. The lowest BCUT2D eigenvalue weighted by molar-refractivity contribution is -0.193. The van der Waals surface area contributed by atoms with Crippen molar-refractivity contribution >= 4 is 17.8 Å². The zero-order valence-corrected chi connectivity index (χ0v) is 22.8. The number of hydrogen-bond acceptors (Lipinski definition) is 6. The lowest BCUT2D eigenvalue weighted by Crippen LogP contribution is -2.50. The molecule has 232 valence electrons. The van der Waals surface area contributed by atoms with Gasteiger partial charge in [0.25, 0.3) is 0 Å². The quantitative estimate of drug-likeness (QED) is 0.479. The largest absolute Gasteiger partial charge is 0.490 e. The number of carboxylic acid groups (broad SMARTS) is 2. The molecule has 1 saturated heterocycles. The van der Waals surface area contributed by atoms with Crippen molar-refractivity contribution in [2.24, 2.45) is 0 Å². The molecule has 1 amide bonds. The number of nitrogens with zero attached hydrogens (tertiary/aromatic N) is 3. The first-order valence-electron chi connectivity index (χ1n) is 12.6. The molecular formula is C27H31F6N3O6. The van der Waals surface area contributed by atoms with E-state index in [2.05, 4.69) is 28.1 Å². The highest BCUT2D eigenvalue weighted by Gasteiger charge is 2.44. The number of para-hydroxylation sites is 1. The summed E-state index contributed by atoms with van der Waals surface area (Å²) in [4.78, 5) is 38.8. The number of likely N-dealkylation sites (tertiary alicyclic amines) is 1. The number of pyridine rings is 1. The minimum absolute atomic E-state index is 0.160. The highest BCUT2D eigenvalue weighted by atomic mass is 19.4. The summed E-state index contributed by atoms with van der Waals surface area (Å²) in [5, 5.41) is 14.2. The second-order valence-electron chi connectivity index (χ2n) is 9.92. The number of benzene rings is 1. The first-order valence-corrected chi connectivity index (χ1v) is 12.6. The Bertz CT molecular complexity index is 1170. The summed E-state index contributed by atoms with van der Waals surface area (Å²) >= 11 is 0. The highest BCUT2D eigenvalue weighted by molar-refractivity contribution is 5.77. The standard InChI is InChI=1S/C23H29N3O2.2C2HF3O2/c1-25(2)22(27)15-18-16-23(28-21-9-4-3-8-20(18)21)10-13-26(14-11-23)17-19-7-5-6-12-24-19;2*3-2(4,5)1(6)7/h3-9,12,18H,10-11,13-17H2,1-2H3;2*(H,6,7). The molecule has 0 bridgehead atoms. The van der Waals surface area contributed by atoms with Gasteiger partial charge < -0.3 is 19.8 Å². The Kier molecular flexibility index (Phi) is 11.7. The minimum atomic E-state index is -5.08. The monoisotopic (exact) mass is 607 g/mol. The Morgan fingerprint density at radius 2 is 1.48 bits per heavy atom. The van der Waals surface area contributed by atoms with Crippen molar-refractivity contribution in [3.63, 3.8) is 0 Å². The van der Waals surface area contributed by atoms with Crippen LogP contribution in [0.4, 0.5) is 26.3 Å². The fraction of sp³-hybridized carbons (Fsp3) is 0.481. The van der Waals surface area contributed by atoms with Crippen LogP contribution in [0.2, 0.25) is 0 Å². The van der Waals surface area contributed by atoms with Gasteiger partial charge in [-0.25, -0.2) is 9.59 Å². The number of fused-ring (bicyclic) bond motifs is 1. The van der Waals surface area contributed by atoms with E-state index in [9.17, 15) is 31.1 Å². The van der Waals surface area contributed by atoms with Gasteiger partial charge in [0.1, 0.15) is 11.4 Å². The Balaban J connectivity index is 0.000000367. The number of alkyl halides is 6. The topological polar surface area (TPSA) is 120 Å². The van der Waals surface area contributed by atoms with E-state index in [1.165, 1.54) is 5.56 Å². The van der Waals surface area contributed by atoms with E-state index in [4.69, 9.17) is 24.5 Å². The maximum absolute atomic E-state index is 12.4. The summed E-state index contributed by atoms with van der Waals surface area (Å²) in [6.45, 7) is 2.87. The number of piperidine rings is 1. The average Bonchev–Trinajstić information content (AvgIpc) is 2.90. The Morgan fingerprint density at radius 3 is 1.95 bits per heavy atom. The highest BCUT2D eigenvalue weighted by Crippen LogP contribution is 2.46. The molecule has 2 aliphatic heterocycles. The van der Waals surface area contributed by atoms with Crippen LogP contribution in [0.3, 0.4) is 0 Å². The lowest BCUT2D eigenvalue weighted by atomic mass is 9.76. The predicted octanol–water partition coefficient (Wildman–Crippen LogP) is 4.73. The molecule has 0 saturated carbocycles. The molecule has 1 aromatic heterocycles. The predicted molar refractivity (Wildman–Crippen MR) is 137 cm³/mol. The fourth-order valence-electron chi connectivity index (χ4n) is 4.47. The molecule has 42 heavy (non-hydrogen) atoms. The van der Waals surface area contributed by atoms with Gasteiger partial charge in [-0.3, -0.25) is 14.7 Å². The average molecular weight is 608 g/mol. The van der Waals surface area contributed by atoms with Crippen LogP contribution in [-0.4, -0.2) is 88.0 Å². The number of aliphatic carboxylic acids is 2. The van der Waals surface area contributed by atoms with Gasteiger partial charge in [0.2, 0.25) is 5.91 Å². The number of aromatic nitrogens is 1. The fourth-order valence-corrected chi connectivity index (χ4v) is 4.47. The number of halogens is 6. The number of hydrogen-bond donors (Lipinski definition) is 2. The second kappa shape index (κ2) is 14.3. The molecule has 1 aromatic carbocycles. The normalized spacial score (nSPS) is 17.8. The lowest BCUT2D eigenvalue weighted by Gasteiger charge is -2.47. The molecule has 9 nitrogen and oxygen atoms in total. The smallest absolute Gasteiger partial charge is 0.487 e. The van der Waals surface area contributed by atoms with Crippen LogP contribution in [0, 0.1) is 0 Å². The molecule has 1 unspecified atom stereocenters. The molecule has 0 radical (unpaired) electrons. The molecule has 1 fully saturated rings. The van der Waals surface area contributed by atoms with Gasteiger partial charge in [-0.05, 0) is 43.0 Å². The van der Waals surface area contributed by atoms with Gasteiger partial charge in [0, 0.05) is 52.3 Å². The second-order valence-corrected chi connectivity index (χ2v) is 9.92. The van der Waals surface area contributed by atoms with E-state index < -0.39 is 24.3 Å².